The van der Waals surface area contributed by atoms with E-state index in [9.17, 15) is 9.59 Å². The second-order valence-electron chi connectivity index (χ2n) is 6.54. The molecule has 0 saturated heterocycles. The Bertz CT molecular complexity index is 907. The van der Waals surface area contributed by atoms with E-state index in [0.29, 0.717) is 26.1 Å². The van der Waals surface area contributed by atoms with Crippen molar-refractivity contribution in [2.45, 2.75) is 19.9 Å². The van der Waals surface area contributed by atoms with Crippen LogP contribution in [0.2, 0.25) is 0 Å². The minimum absolute atomic E-state index is 0.0774. The highest BCUT2D eigenvalue weighted by molar-refractivity contribution is 7.80. The second kappa shape index (κ2) is 9.71. The Labute approximate surface area is 180 Å². The zero-order valence-electron chi connectivity index (χ0n) is 17.3. The van der Waals surface area contributed by atoms with Gasteiger partial charge in [0.15, 0.2) is 5.11 Å². The van der Waals surface area contributed by atoms with E-state index in [4.69, 9.17) is 21.7 Å². The van der Waals surface area contributed by atoms with Gasteiger partial charge in [0.1, 0.15) is 10.8 Å². The van der Waals surface area contributed by atoms with Crippen molar-refractivity contribution in [2.24, 2.45) is 0 Å². The molecule has 2 aromatic rings. The van der Waals surface area contributed by atoms with Gasteiger partial charge in [-0.15, -0.1) is 11.3 Å². The number of ether oxygens (including phenoxy) is 2. The molecular weight excluding hydrogens is 410 g/mol. The molecule has 2 N–H and O–H groups in total. The minimum Gasteiger partial charge on any atom is -0.497 e. The van der Waals surface area contributed by atoms with Crippen molar-refractivity contribution < 1.29 is 19.1 Å². The average Bonchev–Trinajstić information content (AvgIpc) is 3.02. The maximum absolute atomic E-state index is 12.4. The molecule has 1 atom stereocenters. The molecule has 1 amide bonds. The Balaban J connectivity index is 2.22. The van der Waals surface area contributed by atoms with Crippen molar-refractivity contribution in [1.82, 2.24) is 10.2 Å². The first-order valence-electron chi connectivity index (χ1n) is 8.84. The molecule has 0 radical (unpaired) electrons. The van der Waals surface area contributed by atoms with E-state index in [-0.39, 0.29) is 11.9 Å². The predicted octanol–water partition coefficient (Wildman–Crippen LogP) is 3.60. The zero-order chi connectivity index (χ0) is 21.7. The normalized spacial score (nSPS) is 11.4. The molecule has 0 saturated carbocycles. The number of nitrogens with zero attached hydrogens (tertiary/aromatic N) is 1. The quantitative estimate of drug-likeness (QED) is 0.530. The zero-order valence-corrected chi connectivity index (χ0v) is 18.9. The Morgan fingerprint density at radius 2 is 1.79 bits per heavy atom. The van der Waals surface area contributed by atoms with E-state index in [1.807, 2.05) is 31.2 Å². The molecule has 2 rings (SSSR count). The van der Waals surface area contributed by atoms with E-state index in [2.05, 4.69) is 10.6 Å². The first-order valence-corrected chi connectivity index (χ1v) is 10.1. The van der Waals surface area contributed by atoms with Crippen LogP contribution in [-0.4, -0.2) is 50.2 Å². The van der Waals surface area contributed by atoms with Crippen LogP contribution in [0, 0.1) is 6.92 Å². The number of nitrogens with one attached hydrogen (secondary N) is 2. The number of anilines is 1. The van der Waals surface area contributed by atoms with Gasteiger partial charge in [-0.25, -0.2) is 4.79 Å². The number of amides is 1. The number of thiocarbonyl (C=S) groups is 1. The summed E-state index contributed by atoms with van der Waals surface area (Å²) in [5.41, 5.74) is 1.90. The van der Waals surface area contributed by atoms with Crippen LogP contribution in [0.1, 0.15) is 44.1 Å². The molecule has 1 aromatic carbocycles. The van der Waals surface area contributed by atoms with Gasteiger partial charge in [-0.1, -0.05) is 12.1 Å². The Hall–Kier alpha value is -2.65. The number of carbonyl (C=O) groups is 2. The third-order valence-corrected chi connectivity index (χ3v) is 5.74. The first-order chi connectivity index (χ1) is 13.7. The van der Waals surface area contributed by atoms with Crippen LogP contribution in [0.15, 0.2) is 24.3 Å². The smallest absolute Gasteiger partial charge is 0.341 e. The third kappa shape index (κ3) is 5.24. The summed E-state index contributed by atoms with van der Waals surface area (Å²) in [4.78, 5) is 26.7. The lowest BCUT2D eigenvalue weighted by atomic mass is 10.1. The van der Waals surface area contributed by atoms with Crippen LogP contribution in [0.5, 0.6) is 5.75 Å². The molecule has 0 aliphatic carbocycles. The van der Waals surface area contributed by atoms with Crippen molar-refractivity contribution in [2.75, 3.05) is 33.6 Å². The Morgan fingerprint density at radius 1 is 1.17 bits per heavy atom. The number of methoxy groups -OCH3 is 2. The number of hydrogen-bond acceptors (Lipinski definition) is 6. The largest absolute Gasteiger partial charge is 0.497 e. The summed E-state index contributed by atoms with van der Waals surface area (Å²) in [7, 11) is 6.25. The summed E-state index contributed by atoms with van der Waals surface area (Å²) in [5.74, 6) is 0.0674. The van der Waals surface area contributed by atoms with Crippen LogP contribution < -0.4 is 15.4 Å². The fraction of sp³-hybridized carbons (Fsp3) is 0.350. The second-order valence-corrected chi connectivity index (χ2v) is 7.97. The van der Waals surface area contributed by atoms with Gasteiger partial charge < -0.3 is 25.0 Å². The Morgan fingerprint density at radius 3 is 2.31 bits per heavy atom. The number of carbonyl (C=O) groups excluding carboxylic acids is 2. The molecule has 0 spiro atoms. The van der Waals surface area contributed by atoms with Crippen LogP contribution in [-0.2, 0) is 4.74 Å². The molecule has 29 heavy (non-hydrogen) atoms. The van der Waals surface area contributed by atoms with Crippen molar-refractivity contribution in [3.8, 4) is 5.75 Å². The summed E-state index contributed by atoms with van der Waals surface area (Å²) in [6.07, 6.45) is 0. The Kier molecular flexibility index (Phi) is 7.58. The molecule has 1 unspecified atom stereocenters. The summed E-state index contributed by atoms with van der Waals surface area (Å²) in [6.45, 7) is 3.69. The van der Waals surface area contributed by atoms with E-state index >= 15 is 0 Å². The fourth-order valence-electron chi connectivity index (χ4n) is 2.67. The van der Waals surface area contributed by atoms with Gasteiger partial charge in [0, 0.05) is 14.1 Å². The number of esters is 1. The van der Waals surface area contributed by atoms with Gasteiger partial charge in [0.2, 0.25) is 0 Å². The van der Waals surface area contributed by atoms with Crippen LogP contribution in [0.25, 0.3) is 0 Å². The van der Waals surface area contributed by atoms with Gasteiger partial charge in [0.05, 0.1) is 30.7 Å². The van der Waals surface area contributed by atoms with Gasteiger partial charge in [-0.2, -0.15) is 0 Å². The lowest BCUT2D eigenvalue weighted by Crippen LogP contribution is -2.31. The highest BCUT2D eigenvalue weighted by Gasteiger charge is 2.26. The van der Waals surface area contributed by atoms with Gasteiger partial charge >= 0.3 is 5.97 Å². The van der Waals surface area contributed by atoms with Crippen LogP contribution >= 0.6 is 23.6 Å². The molecule has 1 heterocycles. The molecule has 156 valence electrons. The monoisotopic (exact) mass is 435 g/mol. The van der Waals surface area contributed by atoms with Crippen molar-refractivity contribution in [1.29, 1.82) is 0 Å². The molecule has 1 aromatic heterocycles. The standard InChI is InChI=1S/C20H25N3O4S2/c1-11-15(19(25)27-6)17(29-16(11)18(24)23(3)4)22-20(28)21-12(2)13-7-9-14(26-5)10-8-13/h7-10,12H,1-6H3,(H2,21,22,28). The lowest BCUT2D eigenvalue weighted by molar-refractivity contribution is 0.0601. The third-order valence-electron chi connectivity index (χ3n) is 4.33. The van der Waals surface area contributed by atoms with E-state index in [1.54, 1.807) is 28.1 Å². The SMILES string of the molecule is COC(=O)c1c(NC(=S)NC(C)c2ccc(OC)cc2)sc(C(=O)N(C)C)c1C. The molecule has 0 aliphatic heterocycles. The fourth-order valence-corrected chi connectivity index (χ4v) is 4.23. The predicted molar refractivity (Wildman–Crippen MR) is 119 cm³/mol. The lowest BCUT2D eigenvalue weighted by Gasteiger charge is -2.17. The minimum atomic E-state index is -0.523. The number of thiophene rings is 1. The van der Waals surface area contributed by atoms with Gasteiger partial charge in [0.25, 0.3) is 5.91 Å². The van der Waals surface area contributed by atoms with Gasteiger partial charge in [-0.3, -0.25) is 4.79 Å². The molecule has 7 nitrogen and oxygen atoms in total. The van der Waals surface area contributed by atoms with Crippen molar-refractivity contribution in [3.05, 3.63) is 45.8 Å². The molecule has 0 aliphatic rings. The van der Waals surface area contributed by atoms with Crippen LogP contribution in [0.4, 0.5) is 5.00 Å². The van der Waals surface area contributed by atoms with Crippen molar-refractivity contribution in [3.63, 3.8) is 0 Å². The summed E-state index contributed by atoms with van der Waals surface area (Å²) >= 11 is 6.60. The summed E-state index contributed by atoms with van der Waals surface area (Å²) in [5, 5.41) is 7.04. The maximum atomic E-state index is 12.4. The first kappa shape index (κ1) is 22.6. The summed E-state index contributed by atoms with van der Waals surface area (Å²) in [6, 6.07) is 7.57. The highest BCUT2D eigenvalue weighted by Crippen LogP contribution is 2.34. The molecule has 0 fully saturated rings. The molecule has 9 heteroatoms. The van der Waals surface area contributed by atoms with E-state index in [0.717, 1.165) is 11.3 Å². The number of hydrogen-bond donors (Lipinski definition) is 2. The molecular formula is C20H25N3O4S2. The average molecular weight is 436 g/mol. The number of benzene rings is 1. The summed E-state index contributed by atoms with van der Waals surface area (Å²) < 4.78 is 10.1. The maximum Gasteiger partial charge on any atom is 0.341 e. The number of rotatable bonds is 6. The van der Waals surface area contributed by atoms with E-state index in [1.165, 1.54) is 23.3 Å². The topological polar surface area (TPSA) is 79.9 Å². The van der Waals surface area contributed by atoms with Crippen molar-refractivity contribution >= 4 is 45.5 Å². The van der Waals surface area contributed by atoms with Gasteiger partial charge in [-0.05, 0) is 49.3 Å². The van der Waals surface area contributed by atoms with Crippen LogP contribution in [0.3, 0.4) is 0 Å². The highest BCUT2D eigenvalue weighted by atomic mass is 32.1. The molecule has 0 bridgehead atoms. The van der Waals surface area contributed by atoms with E-state index < -0.39 is 5.97 Å².